The van der Waals surface area contributed by atoms with Gasteiger partial charge >= 0.3 is 0 Å². The van der Waals surface area contributed by atoms with Crippen molar-refractivity contribution in [2.45, 2.75) is 39.0 Å². The maximum Gasteiger partial charge on any atom is 0.142 e. The first kappa shape index (κ1) is 15.0. The second kappa shape index (κ2) is 6.08. The van der Waals surface area contributed by atoms with E-state index in [0.717, 1.165) is 19.3 Å². The molecule has 0 saturated heterocycles. The number of hydrogen-bond acceptors (Lipinski definition) is 1. The van der Waals surface area contributed by atoms with Crippen LogP contribution in [0.2, 0.25) is 0 Å². The van der Waals surface area contributed by atoms with Crippen molar-refractivity contribution in [1.29, 1.82) is 0 Å². The minimum atomic E-state index is -0.156. The highest BCUT2D eigenvalue weighted by Gasteiger charge is 2.57. The first-order valence-electron chi connectivity index (χ1n) is 8.28. The van der Waals surface area contributed by atoms with Crippen molar-refractivity contribution >= 4 is 5.78 Å². The van der Waals surface area contributed by atoms with Crippen molar-refractivity contribution in [3.8, 4) is 0 Å². The van der Waals surface area contributed by atoms with Crippen LogP contribution >= 0.6 is 0 Å². The normalized spacial score (nSPS) is 24.7. The Morgan fingerprint density at radius 1 is 1.09 bits per heavy atom. The molecule has 0 aromatic heterocycles. The monoisotopic (exact) mass is 292 g/mol. The predicted octanol–water partition coefficient (Wildman–Crippen LogP) is 5.02. The maximum absolute atomic E-state index is 13.0. The molecule has 1 heteroatoms. The Morgan fingerprint density at radius 2 is 1.68 bits per heavy atom. The summed E-state index contributed by atoms with van der Waals surface area (Å²) >= 11 is 0. The van der Waals surface area contributed by atoms with Gasteiger partial charge in [-0.15, -0.1) is 0 Å². The molecule has 1 aliphatic carbocycles. The first-order valence-corrected chi connectivity index (χ1v) is 8.28. The molecular formula is C21H24O. The van der Waals surface area contributed by atoms with Gasteiger partial charge < -0.3 is 0 Å². The molecule has 0 bridgehead atoms. The third kappa shape index (κ3) is 2.85. The van der Waals surface area contributed by atoms with Crippen LogP contribution < -0.4 is 0 Å². The second-order valence-electron chi connectivity index (χ2n) is 6.74. The van der Waals surface area contributed by atoms with Gasteiger partial charge in [0.1, 0.15) is 5.78 Å². The smallest absolute Gasteiger partial charge is 0.142 e. The third-order valence-corrected chi connectivity index (χ3v) is 5.19. The Kier molecular flexibility index (Phi) is 4.15. The van der Waals surface area contributed by atoms with E-state index in [2.05, 4.69) is 62.4 Å². The molecule has 1 saturated carbocycles. The van der Waals surface area contributed by atoms with Gasteiger partial charge in [0.25, 0.3) is 0 Å². The van der Waals surface area contributed by atoms with Crippen LogP contribution in [0.3, 0.4) is 0 Å². The Morgan fingerprint density at radius 3 is 2.27 bits per heavy atom. The van der Waals surface area contributed by atoms with Crippen molar-refractivity contribution < 1.29 is 4.79 Å². The van der Waals surface area contributed by atoms with E-state index in [1.165, 1.54) is 11.1 Å². The van der Waals surface area contributed by atoms with E-state index in [9.17, 15) is 4.79 Å². The fraction of sp³-hybridized carbons (Fsp3) is 0.381. The van der Waals surface area contributed by atoms with Crippen molar-refractivity contribution in [3.05, 3.63) is 71.8 Å². The molecule has 2 aromatic rings. The number of carbonyl (C=O) groups is 1. The van der Waals surface area contributed by atoms with Crippen LogP contribution in [0.15, 0.2) is 60.7 Å². The summed E-state index contributed by atoms with van der Waals surface area (Å²) in [4.78, 5) is 13.0. The van der Waals surface area contributed by atoms with E-state index in [0.29, 0.717) is 11.7 Å². The number of carbonyl (C=O) groups excluding carboxylic acids is 1. The summed E-state index contributed by atoms with van der Waals surface area (Å²) in [6.45, 7) is 4.29. The molecule has 1 fully saturated rings. The molecule has 0 amide bonds. The highest BCUT2D eigenvalue weighted by Crippen LogP contribution is 2.60. The van der Waals surface area contributed by atoms with Crippen molar-refractivity contribution in [2.75, 3.05) is 0 Å². The topological polar surface area (TPSA) is 17.1 Å². The molecule has 2 unspecified atom stereocenters. The molecule has 0 aliphatic heterocycles. The lowest BCUT2D eigenvalue weighted by atomic mass is 9.83. The number of Topliss-reactive ketones (excluding diaryl/α,β-unsaturated/α-hetero) is 1. The van der Waals surface area contributed by atoms with Crippen molar-refractivity contribution in [1.82, 2.24) is 0 Å². The summed E-state index contributed by atoms with van der Waals surface area (Å²) < 4.78 is 0. The van der Waals surface area contributed by atoms with Crippen LogP contribution in [0.5, 0.6) is 0 Å². The van der Waals surface area contributed by atoms with Crippen LogP contribution in [-0.2, 0) is 11.2 Å². The summed E-state index contributed by atoms with van der Waals surface area (Å²) in [5, 5.41) is 0. The zero-order chi connectivity index (χ0) is 15.6. The van der Waals surface area contributed by atoms with Gasteiger partial charge in [-0.3, -0.25) is 4.79 Å². The van der Waals surface area contributed by atoms with E-state index in [4.69, 9.17) is 0 Å². The van der Waals surface area contributed by atoms with Gasteiger partial charge in [0, 0.05) is 11.3 Å². The van der Waals surface area contributed by atoms with E-state index in [-0.39, 0.29) is 11.3 Å². The number of benzene rings is 2. The van der Waals surface area contributed by atoms with Crippen LogP contribution in [0.1, 0.15) is 43.7 Å². The molecule has 3 atom stereocenters. The SMILES string of the molecule is CCC(Cc1ccccc1)C(=O)C1(C)C[C@@H]1c1ccccc1. The summed E-state index contributed by atoms with van der Waals surface area (Å²) in [6.07, 6.45) is 2.79. The maximum atomic E-state index is 13.0. The van der Waals surface area contributed by atoms with E-state index < -0.39 is 0 Å². The number of rotatable bonds is 6. The summed E-state index contributed by atoms with van der Waals surface area (Å²) in [7, 11) is 0. The standard InChI is InChI=1S/C21H24O/c1-3-17(14-16-10-6-4-7-11-16)20(22)21(2)15-19(21)18-12-8-5-9-13-18/h4-13,17,19H,3,14-15H2,1-2H3/t17?,19-,21?/m1/s1. The minimum absolute atomic E-state index is 0.140. The van der Waals surface area contributed by atoms with E-state index >= 15 is 0 Å². The lowest BCUT2D eigenvalue weighted by Crippen LogP contribution is -2.25. The zero-order valence-corrected chi connectivity index (χ0v) is 13.5. The summed E-state index contributed by atoms with van der Waals surface area (Å²) in [5.74, 6) is 1.000. The van der Waals surface area contributed by atoms with Crippen molar-refractivity contribution in [3.63, 3.8) is 0 Å². The fourth-order valence-electron chi connectivity index (χ4n) is 3.60. The molecule has 0 N–H and O–H groups in total. The molecule has 114 valence electrons. The van der Waals surface area contributed by atoms with Gasteiger partial charge in [-0.1, -0.05) is 74.5 Å². The Labute approximate surface area is 133 Å². The van der Waals surface area contributed by atoms with Gasteiger partial charge in [-0.25, -0.2) is 0 Å². The van der Waals surface area contributed by atoms with Gasteiger partial charge in [0.15, 0.2) is 0 Å². The Hall–Kier alpha value is -1.89. The summed E-state index contributed by atoms with van der Waals surface area (Å²) in [5.41, 5.74) is 2.42. The molecule has 0 spiro atoms. The van der Waals surface area contributed by atoms with Gasteiger partial charge in [-0.2, -0.15) is 0 Å². The average Bonchev–Trinajstić information content (AvgIpc) is 3.27. The molecule has 3 rings (SSSR count). The molecule has 1 aliphatic rings. The lowest BCUT2D eigenvalue weighted by molar-refractivity contribution is -0.127. The quantitative estimate of drug-likeness (QED) is 0.730. The Bertz CT molecular complexity index is 631. The number of ketones is 1. The molecule has 0 heterocycles. The van der Waals surface area contributed by atoms with Gasteiger partial charge in [0.05, 0.1) is 0 Å². The largest absolute Gasteiger partial charge is 0.299 e. The van der Waals surface area contributed by atoms with Crippen LogP contribution in [-0.4, -0.2) is 5.78 Å². The van der Waals surface area contributed by atoms with E-state index in [1.807, 2.05) is 12.1 Å². The van der Waals surface area contributed by atoms with Crippen LogP contribution in [0, 0.1) is 11.3 Å². The molecule has 22 heavy (non-hydrogen) atoms. The van der Waals surface area contributed by atoms with Crippen molar-refractivity contribution in [2.24, 2.45) is 11.3 Å². The lowest BCUT2D eigenvalue weighted by Gasteiger charge is -2.19. The average molecular weight is 292 g/mol. The minimum Gasteiger partial charge on any atom is -0.299 e. The zero-order valence-electron chi connectivity index (χ0n) is 13.5. The number of hydrogen-bond donors (Lipinski definition) is 0. The Balaban J connectivity index is 1.72. The highest BCUT2D eigenvalue weighted by atomic mass is 16.1. The first-order chi connectivity index (χ1) is 10.6. The second-order valence-corrected chi connectivity index (χ2v) is 6.74. The predicted molar refractivity (Wildman–Crippen MR) is 90.8 cm³/mol. The van der Waals surface area contributed by atoms with Crippen LogP contribution in [0.25, 0.3) is 0 Å². The molecular weight excluding hydrogens is 268 g/mol. The molecule has 1 nitrogen and oxygen atoms in total. The fourth-order valence-corrected chi connectivity index (χ4v) is 3.60. The summed E-state index contributed by atoms with van der Waals surface area (Å²) in [6, 6.07) is 20.9. The molecule has 2 aromatic carbocycles. The van der Waals surface area contributed by atoms with Gasteiger partial charge in [0.2, 0.25) is 0 Å². The highest BCUT2D eigenvalue weighted by molar-refractivity contribution is 5.91. The molecule has 0 radical (unpaired) electrons. The van der Waals surface area contributed by atoms with Crippen LogP contribution in [0.4, 0.5) is 0 Å². The third-order valence-electron chi connectivity index (χ3n) is 5.19. The van der Waals surface area contributed by atoms with Gasteiger partial charge in [-0.05, 0) is 36.3 Å². The van der Waals surface area contributed by atoms with E-state index in [1.54, 1.807) is 0 Å².